The molecule has 0 aliphatic heterocycles. The summed E-state index contributed by atoms with van der Waals surface area (Å²) in [5.74, 6) is -2.76. The highest BCUT2D eigenvalue weighted by Gasteiger charge is 2.19. The number of allylic oxidation sites excluding steroid dienone is 1. The first-order valence-corrected chi connectivity index (χ1v) is 4.94. The van der Waals surface area contributed by atoms with Gasteiger partial charge in [0, 0.05) is 24.8 Å². The van der Waals surface area contributed by atoms with E-state index in [9.17, 15) is 19.2 Å². The van der Waals surface area contributed by atoms with Crippen LogP contribution in [0.1, 0.15) is 19.8 Å². The highest BCUT2D eigenvalue weighted by Crippen LogP contribution is 2.10. The van der Waals surface area contributed by atoms with Gasteiger partial charge in [-0.3, -0.25) is 14.4 Å². The van der Waals surface area contributed by atoms with E-state index < -0.39 is 23.6 Å². The molecule has 1 atom stereocenters. The zero-order chi connectivity index (χ0) is 13.4. The van der Waals surface area contributed by atoms with E-state index in [4.69, 9.17) is 5.73 Å². The molecule has 0 fully saturated rings. The predicted octanol–water partition coefficient (Wildman–Crippen LogP) is -0.245. The molecule has 0 saturated heterocycles. The minimum Gasteiger partial charge on any atom is -0.466 e. The van der Waals surface area contributed by atoms with Gasteiger partial charge in [-0.15, -0.1) is 0 Å². The van der Waals surface area contributed by atoms with Gasteiger partial charge >= 0.3 is 5.97 Å². The number of ketones is 2. The number of hydrogen-bond acceptors (Lipinski definition) is 5. The zero-order valence-electron chi connectivity index (χ0n) is 9.76. The Morgan fingerprint density at radius 3 is 2.18 bits per heavy atom. The van der Waals surface area contributed by atoms with Crippen LogP contribution in [0.25, 0.3) is 0 Å². The number of carbonyl (C=O) groups excluding carboxylic acids is 4. The third-order valence-corrected chi connectivity index (χ3v) is 2.08. The van der Waals surface area contributed by atoms with E-state index in [0.29, 0.717) is 0 Å². The van der Waals surface area contributed by atoms with Crippen molar-refractivity contribution < 1.29 is 23.9 Å². The third-order valence-electron chi connectivity index (χ3n) is 2.08. The van der Waals surface area contributed by atoms with Crippen LogP contribution in [0.4, 0.5) is 0 Å². The lowest BCUT2D eigenvalue weighted by molar-refractivity contribution is -0.135. The molecule has 0 aliphatic rings. The standard InChI is InChI=1S/C11H15NO5/c1-7(13)8(6-10(12)15)5-9(14)3-4-11(16)17-2/h3-4,8H,5-6H2,1-2H3,(H2,12,15)/b4-3+. The van der Waals surface area contributed by atoms with Gasteiger partial charge < -0.3 is 10.5 Å². The minimum absolute atomic E-state index is 0.147. The van der Waals surface area contributed by atoms with E-state index in [1.54, 1.807) is 0 Å². The summed E-state index contributed by atoms with van der Waals surface area (Å²) in [5, 5.41) is 0. The van der Waals surface area contributed by atoms with Gasteiger partial charge in [0.1, 0.15) is 5.78 Å². The van der Waals surface area contributed by atoms with Crippen LogP contribution in [0, 0.1) is 5.92 Å². The lowest BCUT2D eigenvalue weighted by atomic mass is 9.94. The van der Waals surface area contributed by atoms with Crippen LogP contribution in [0.2, 0.25) is 0 Å². The Hall–Kier alpha value is -1.98. The molecule has 0 spiro atoms. The first kappa shape index (κ1) is 15.0. The second kappa shape index (κ2) is 7.32. The Morgan fingerprint density at radius 1 is 1.18 bits per heavy atom. The van der Waals surface area contributed by atoms with Crippen molar-refractivity contribution in [3.05, 3.63) is 12.2 Å². The van der Waals surface area contributed by atoms with Crippen molar-refractivity contribution in [1.29, 1.82) is 0 Å². The Morgan fingerprint density at radius 2 is 1.76 bits per heavy atom. The molecule has 0 radical (unpaired) electrons. The smallest absolute Gasteiger partial charge is 0.330 e. The van der Waals surface area contributed by atoms with Crippen LogP contribution in [0.5, 0.6) is 0 Å². The van der Waals surface area contributed by atoms with Gasteiger partial charge in [-0.2, -0.15) is 0 Å². The second-order valence-electron chi connectivity index (χ2n) is 3.50. The predicted molar refractivity (Wildman–Crippen MR) is 58.8 cm³/mol. The van der Waals surface area contributed by atoms with Gasteiger partial charge in [0.2, 0.25) is 5.91 Å². The first-order valence-electron chi connectivity index (χ1n) is 4.94. The molecule has 6 nitrogen and oxygen atoms in total. The average molecular weight is 241 g/mol. The highest BCUT2D eigenvalue weighted by molar-refractivity contribution is 5.98. The van der Waals surface area contributed by atoms with Crippen molar-refractivity contribution in [1.82, 2.24) is 0 Å². The summed E-state index contributed by atoms with van der Waals surface area (Å²) in [4.78, 5) is 43.9. The molecule has 1 unspecified atom stereocenters. The molecule has 6 heteroatoms. The van der Waals surface area contributed by atoms with Gasteiger partial charge in [-0.25, -0.2) is 4.79 Å². The fraction of sp³-hybridized carbons (Fsp3) is 0.455. The summed E-state index contributed by atoms with van der Waals surface area (Å²) in [6.07, 6.45) is 1.66. The Balaban J connectivity index is 4.41. The van der Waals surface area contributed by atoms with E-state index in [2.05, 4.69) is 4.74 Å². The summed E-state index contributed by atoms with van der Waals surface area (Å²) in [5.41, 5.74) is 4.96. The van der Waals surface area contributed by atoms with Crippen molar-refractivity contribution in [2.75, 3.05) is 7.11 Å². The third kappa shape index (κ3) is 6.99. The lowest BCUT2D eigenvalue weighted by Crippen LogP contribution is -2.23. The van der Waals surface area contributed by atoms with Crippen LogP contribution in [-0.2, 0) is 23.9 Å². The SMILES string of the molecule is COC(=O)/C=C/C(=O)CC(CC(N)=O)C(C)=O. The van der Waals surface area contributed by atoms with E-state index in [1.165, 1.54) is 14.0 Å². The van der Waals surface area contributed by atoms with E-state index >= 15 is 0 Å². The molecule has 0 bridgehead atoms. The molecular weight excluding hydrogens is 226 g/mol. The maximum atomic E-state index is 11.4. The fourth-order valence-corrected chi connectivity index (χ4v) is 1.14. The molecule has 0 saturated carbocycles. The number of nitrogens with two attached hydrogens (primary N) is 1. The van der Waals surface area contributed by atoms with Crippen molar-refractivity contribution >= 4 is 23.4 Å². The number of methoxy groups -OCH3 is 1. The van der Waals surface area contributed by atoms with E-state index in [0.717, 1.165) is 12.2 Å². The summed E-state index contributed by atoms with van der Waals surface area (Å²) in [6, 6.07) is 0. The van der Waals surface area contributed by atoms with Gasteiger partial charge in [0.05, 0.1) is 7.11 Å². The molecule has 0 aliphatic carbocycles. The van der Waals surface area contributed by atoms with Crippen LogP contribution in [0.15, 0.2) is 12.2 Å². The quantitative estimate of drug-likeness (QED) is 0.489. The Labute approximate surface area is 98.8 Å². The maximum absolute atomic E-state index is 11.4. The molecule has 1 amide bonds. The first-order chi connectivity index (χ1) is 7.86. The summed E-state index contributed by atoms with van der Waals surface area (Å²) < 4.78 is 4.30. The number of Topliss-reactive ketones (excluding diaryl/α,β-unsaturated/α-hetero) is 1. The molecule has 0 aromatic rings. The lowest BCUT2D eigenvalue weighted by Gasteiger charge is -2.08. The molecule has 0 heterocycles. The zero-order valence-corrected chi connectivity index (χ0v) is 9.76. The Bertz CT molecular complexity index is 359. The van der Waals surface area contributed by atoms with Crippen molar-refractivity contribution in [3.8, 4) is 0 Å². The number of primary amides is 1. The Kier molecular flexibility index (Phi) is 6.47. The fourth-order valence-electron chi connectivity index (χ4n) is 1.14. The summed E-state index contributed by atoms with van der Waals surface area (Å²) in [6.45, 7) is 1.28. The minimum atomic E-state index is -0.734. The van der Waals surface area contributed by atoms with Gasteiger partial charge in [-0.1, -0.05) is 0 Å². The molecule has 0 aromatic heterocycles. The summed E-state index contributed by atoms with van der Waals surface area (Å²) >= 11 is 0. The normalized spacial score (nSPS) is 12.1. The van der Waals surface area contributed by atoms with Gasteiger partial charge in [0.15, 0.2) is 5.78 Å². The van der Waals surface area contributed by atoms with Crippen molar-refractivity contribution in [2.24, 2.45) is 11.7 Å². The van der Waals surface area contributed by atoms with Crippen molar-refractivity contribution in [2.45, 2.75) is 19.8 Å². The van der Waals surface area contributed by atoms with Gasteiger partial charge in [-0.05, 0) is 13.0 Å². The van der Waals surface area contributed by atoms with E-state index in [-0.39, 0.29) is 18.6 Å². The maximum Gasteiger partial charge on any atom is 0.330 e. The molecule has 2 N–H and O–H groups in total. The number of amides is 1. The van der Waals surface area contributed by atoms with E-state index in [1.807, 2.05) is 0 Å². The van der Waals surface area contributed by atoms with Crippen molar-refractivity contribution in [3.63, 3.8) is 0 Å². The molecule has 0 aromatic carbocycles. The molecule has 0 rings (SSSR count). The number of ether oxygens (including phenoxy) is 1. The van der Waals surface area contributed by atoms with Crippen LogP contribution in [0.3, 0.4) is 0 Å². The summed E-state index contributed by atoms with van der Waals surface area (Å²) in [7, 11) is 1.18. The van der Waals surface area contributed by atoms with Crippen LogP contribution >= 0.6 is 0 Å². The molecular formula is C11H15NO5. The number of rotatable bonds is 7. The number of hydrogen-bond donors (Lipinski definition) is 1. The van der Waals surface area contributed by atoms with Gasteiger partial charge in [0.25, 0.3) is 0 Å². The van der Waals surface area contributed by atoms with Crippen LogP contribution < -0.4 is 5.73 Å². The highest BCUT2D eigenvalue weighted by atomic mass is 16.5. The monoisotopic (exact) mass is 241 g/mol. The molecule has 94 valence electrons. The number of esters is 1. The van der Waals surface area contributed by atoms with Crippen LogP contribution in [-0.4, -0.2) is 30.6 Å². The second-order valence-corrected chi connectivity index (χ2v) is 3.50. The topological polar surface area (TPSA) is 104 Å². The average Bonchev–Trinajstić information content (AvgIpc) is 2.24. The number of carbonyl (C=O) groups is 4. The largest absolute Gasteiger partial charge is 0.466 e. The molecule has 17 heavy (non-hydrogen) atoms.